The van der Waals surface area contributed by atoms with E-state index in [1.54, 1.807) is 38.5 Å². The van der Waals surface area contributed by atoms with E-state index in [0.717, 1.165) is 53.3 Å². The third-order valence-corrected chi connectivity index (χ3v) is 15.3. The van der Waals surface area contributed by atoms with Gasteiger partial charge in [-0.3, -0.25) is 0 Å². The molecule has 6 aliphatic carbocycles. The number of rotatable bonds is 3. The van der Waals surface area contributed by atoms with E-state index in [-0.39, 0.29) is 0 Å². The summed E-state index contributed by atoms with van der Waals surface area (Å²) in [7, 11) is 0. The van der Waals surface area contributed by atoms with Gasteiger partial charge in [-0.2, -0.15) is 0 Å². The summed E-state index contributed by atoms with van der Waals surface area (Å²) in [6.07, 6.45) is 36.3. The van der Waals surface area contributed by atoms with Crippen LogP contribution < -0.4 is 0 Å². The van der Waals surface area contributed by atoms with Crippen LogP contribution in [-0.2, 0) is 0 Å². The first-order valence-corrected chi connectivity index (χ1v) is 21.2. The van der Waals surface area contributed by atoms with E-state index in [1.165, 1.54) is 116 Å². The predicted octanol–water partition coefficient (Wildman–Crippen LogP) is 15.1. The Morgan fingerprint density at radius 3 is 0.667 bits per heavy atom. The predicted molar refractivity (Wildman–Crippen MR) is 201 cm³/mol. The van der Waals surface area contributed by atoms with Crippen LogP contribution in [0.1, 0.15) is 216 Å². The molecule has 0 radical (unpaired) electrons. The highest BCUT2D eigenvalue weighted by molar-refractivity contribution is 4.87. The fourth-order valence-corrected chi connectivity index (χ4v) is 10.9. The van der Waals surface area contributed by atoms with Crippen molar-refractivity contribution < 1.29 is 0 Å². The van der Waals surface area contributed by atoms with Crippen molar-refractivity contribution in [3.63, 3.8) is 0 Å². The van der Waals surface area contributed by atoms with E-state index in [2.05, 4.69) is 62.3 Å². The molecule has 0 atom stereocenters. The monoisotopic (exact) mass is 625 g/mol. The maximum Gasteiger partial charge on any atom is -0.0354 e. The number of hydrogen-bond acceptors (Lipinski definition) is 0. The van der Waals surface area contributed by atoms with Crippen molar-refractivity contribution in [3.05, 3.63) is 0 Å². The van der Waals surface area contributed by atoms with Crippen LogP contribution in [0.2, 0.25) is 0 Å². The van der Waals surface area contributed by atoms with Gasteiger partial charge in [-0.15, -0.1) is 0 Å². The Morgan fingerprint density at radius 1 is 0.244 bits per heavy atom. The Balaban J connectivity index is 0.000000167. The van der Waals surface area contributed by atoms with Crippen molar-refractivity contribution >= 4 is 0 Å². The van der Waals surface area contributed by atoms with Gasteiger partial charge >= 0.3 is 0 Å². The van der Waals surface area contributed by atoms with Crippen LogP contribution in [0, 0.1) is 69.5 Å². The first kappa shape index (κ1) is 37.8. The third kappa shape index (κ3) is 12.8. The minimum absolute atomic E-state index is 0.645. The van der Waals surface area contributed by atoms with Gasteiger partial charge in [0.1, 0.15) is 0 Å². The van der Waals surface area contributed by atoms with Gasteiger partial charge in [0.2, 0.25) is 0 Å². The van der Waals surface area contributed by atoms with Crippen LogP contribution in [0.5, 0.6) is 0 Å². The molecule has 6 fully saturated rings. The first-order chi connectivity index (χ1) is 21.2. The third-order valence-electron chi connectivity index (χ3n) is 15.3. The highest BCUT2D eigenvalue weighted by Crippen LogP contribution is 2.48. The second-order valence-corrected chi connectivity index (χ2v) is 21.1. The van der Waals surface area contributed by atoms with E-state index in [1.807, 2.05) is 0 Å². The lowest BCUT2D eigenvalue weighted by atomic mass is 9.63. The van der Waals surface area contributed by atoms with E-state index in [0.29, 0.717) is 16.2 Å². The van der Waals surface area contributed by atoms with Crippen LogP contribution in [0.3, 0.4) is 0 Å². The molecule has 45 heavy (non-hydrogen) atoms. The zero-order valence-corrected chi connectivity index (χ0v) is 32.7. The van der Waals surface area contributed by atoms with Crippen molar-refractivity contribution in [2.45, 2.75) is 216 Å². The van der Waals surface area contributed by atoms with Gasteiger partial charge in [0, 0.05) is 0 Å². The quantitative estimate of drug-likeness (QED) is 0.293. The van der Waals surface area contributed by atoms with Crippen LogP contribution in [0.4, 0.5) is 0 Å². The molecular weight excluding hydrogens is 540 g/mol. The molecule has 6 rings (SSSR count). The molecule has 0 saturated heterocycles. The molecule has 0 spiro atoms. The number of hydrogen-bond donors (Lipinski definition) is 0. The molecular formula is C45H84. The molecule has 0 aromatic heterocycles. The van der Waals surface area contributed by atoms with Crippen molar-refractivity contribution in [1.29, 1.82) is 0 Å². The highest BCUT2D eigenvalue weighted by Gasteiger charge is 2.36. The molecule has 0 aromatic rings. The van der Waals surface area contributed by atoms with E-state index in [9.17, 15) is 0 Å². The molecule has 0 unspecified atom stereocenters. The zero-order valence-electron chi connectivity index (χ0n) is 32.7. The lowest BCUT2D eigenvalue weighted by Gasteiger charge is -2.42. The Kier molecular flexibility index (Phi) is 14.4. The van der Waals surface area contributed by atoms with Crippen molar-refractivity contribution in [1.82, 2.24) is 0 Å². The molecule has 0 amide bonds. The molecule has 0 heteroatoms. The van der Waals surface area contributed by atoms with Gasteiger partial charge in [-0.25, -0.2) is 0 Å². The first-order valence-electron chi connectivity index (χ1n) is 21.2. The van der Waals surface area contributed by atoms with Crippen LogP contribution in [0.15, 0.2) is 0 Å². The summed E-state index contributed by atoms with van der Waals surface area (Å²) >= 11 is 0. The summed E-state index contributed by atoms with van der Waals surface area (Å²) in [4.78, 5) is 0. The Bertz CT molecular complexity index is 777. The van der Waals surface area contributed by atoms with Gasteiger partial charge in [0.05, 0.1) is 0 Å². The van der Waals surface area contributed by atoms with Gasteiger partial charge in [0.25, 0.3) is 0 Å². The summed E-state index contributed by atoms with van der Waals surface area (Å²) in [6, 6.07) is 0. The minimum atomic E-state index is 0.645. The molecule has 0 aliphatic heterocycles. The molecule has 0 N–H and O–H groups in total. The molecule has 0 bridgehead atoms. The van der Waals surface area contributed by atoms with E-state index < -0.39 is 0 Å². The lowest BCUT2D eigenvalue weighted by Crippen LogP contribution is -2.31. The minimum Gasteiger partial charge on any atom is -0.0625 e. The van der Waals surface area contributed by atoms with Gasteiger partial charge in [0.15, 0.2) is 0 Å². The van der Waals surface area contributed by atoms with E-state index >= 15 is 0 Å². The lowest BCUT2D eigenvalue weighted by molar-refractivity contribution is 0.0901. The van der Waals surface area contributed by atoms with Crippen LogP contribution >= 0.6 is 0 Å². The van der Waals surface area contributed by atoms with Gasteiger partial charge in [-0.05, 0) is 185 Å². The normalized spacial score (nSPS) is 37.8. The topological polar surface area (TPSA) is 0 Å². The molecule has 0 nitrogen and oxygen atoms in total. The average Bonchev–Trinajstić information content (AvgIpc) is 3.01. The Morgan fingerprint density at radius 2 is 0.422 bits per heavy atom. The van der Waals surface area contributed by atoms with Crippen molar-refractivity contribution in [2.24, 2.45) is 69.5 Å². The second kappa shape index (κ2) is 17.1. The van der Waals surface area contributed by atoms with Crippen molar-refractivity contribution in [2.75, 3.05) is 0 Å². The fourth-order valence-electron chi connectivity index (χ4n) is 10.9. The Hall–Kier alpha value is 0. The van der Waals surface area contributed by atoms with Crippen LogP contribution in [0.25, 0.3) is 0 Å². The zero-order chi connectivity index (χ0) is 32.7. The summed E-state index contributed by atoms with van der Waals surface area (Å²) < 4.78 is 0. The van der Waals surface area contributed by atoms with Crippen molar-refractivity contribution in [3.8, 4) is 0 Å². The molecule has 6 aliphatic rings. The molecule has 6 saturated carbocycles. The van der Waals surface area contributed by atoms with E-state index in [4.69, 9.17) is 0 Å². The van der Waals surface area contributed by atoms with Crippen LogP contribution in [-0.4, -0.2) is 0 Å². The molecule has 0 heterocycles. The van der Waals surface area contributed by atoms with Gasteiger partial charge < -0.3 is 0 Å². The average molecular weight is 625 g/mol. The summed E-state index contributed by atoms with van der Waals surface area (Å²) in [5.41, 5.74) is 1.96. The SMILES string of the molecule is CC1CCC(C)(C)CC1.CC1CCC(C2CCC(C)(C)CC2)CC1.CC1CCC(C2CCC(C3CCC(C)(C)CC3)CC2)CC1. The summed E-state index contributed by atoms with van der Waals surface area (Å²) in [5, 5.41) is 0. The maximum absolute atomic E-state index is 2.48. The van der Waals surface area contributed by atoms with Gasteiger partial charge in [-0.1, -0.05) is 101 Å². The summed E-state index contributed by atoms with van der Waals surface area (Å²) in [5.74, 6) is 9.61. The Labute approximate surface area is 285 Å². The largest absolute Gasteiger partial charge is 0.0625 e. The maximum atomic E-state index is 2.48. The smallest absolute Gasteiger partial charge is 0.0354 e. The fraction of sp³-hybridized carbons (Fsp3) is 1.00. The molecule has 0 aromatic carbocycles. The second-order valence-electron chi connectivity index (χ2n) is 21.1. The summed E-state index contributed by atoms with van der Waals surface area (Å²) in [6.45, 7) is 21.9. The standard InChI is InChI=1S/C21H38.C15H28.C9H18/c1-16-4-6-17(7-5-16)18-8-10-19(11-9-18)20-12-14-21(2,3)15-13-20;1-12-4-6-13(7-5-12)14-8-10-15(2,3)11-9-14;1-8-4-6-9(2,3)7-5-8/h16-20H,4-15H2,1-3H3;12-14H,4-11H2,1-3H3;8H,4-7H2,1-3H3. The molecule has 264 valence electrons. The highest BCUT2D eigenvalue weighted by atomic mass is 14.4.